The van der Waals surface area contributed by atoms with Crippen molar-refractivity contribution in [1.82, 2.24) is 5.48 Å². The SMILES string of the molecule is CCCC[C@@H](C(=O)NO)[S@@](=O)c1ccc(F)c(C)c1. The van der Waals surface area contributed by atoms with Crippen molar-refractivity contribution in [3.05, 3.63) is 29.6 Å². The molecular weight excluding hydrogens is 269 g/mol. The molecule has 0 bridgehead atoms. The van der Waals surface area contributed by atoms with E-state index in [9.17, 15) is 13.4 Å². The van der Waals surface area contributed by atoms with E-state index in [-0.39, 0.29) is 5.82 Å². The number of unbranched alkanes of at least 4 members (excludes halogenated alkanes) is 1. The minimum absolute atomic E-state index is 0.377. The van der Waals surface area contributed by atoms with E-state index >= 15 is 0 Å². The lowest BCUT2D eigenvalue weighted by atomic mass is 10.2. The summed E-state index contributed by atoms with van der Waals surface area (Å²) in [4.78, 5) is 11.9. The summed E-state index contributed by atoms with van der Waals surface area (Å²) in [5.41, 5.74) is 1.92. The van der Waals surface area contributed by atoms with Crippen molar-refractivity contribution in [3.8, 4) is 0 Å². The van der Waals surface area contributed by atoms with Crippen molar-refractivity contribution in [1.29, 1.82) is 0 Å². The molecule has 0 aliphatic rings. The molecule has 2 N–H and O–H groups in total. The Labute approximate surface area is 114 Å². The molecule has 6 heteroatoms. The molecule has 1 rings (SSSR count). The zero-order valence-electron chi connectivity index (χ0n) is 11.0. The van der Waals surface area contributed by atoms with Gasteiger partial charge in [-0.2, -0.15) is 0 Å². The van der Waals surface area contributed by atoms with Crippen molar-refractivity contribution in [3.63, 3.8) is 0 Å². The Bertz CT molecular complexity index is 479. The third kappa shape index (κ3) is 4.11. The van der Waals surface area contributed by atoms with Gasteiger partial charge in [-0.3, -0.25) is 14.2 Å². The van der Waals surface area contributed by atoms with Crippen LogP contribution in [0.3, 0.4) is 0 Å². The number of aryl methyl sites for hydroxylation is 1. The average molecular weight is 287 g/mol. The second-order valence-electron chi connectivity index (χ2n) is 4.32. The lowest BCUT2D eigenvalue weighted by molar-refractivity contribution is -0.128. The number of hydroxylamine groups is 1. The number of carbonyl (C=O) groups excluding carboxylic acids is 1. The molecule has 2 atom stereocenters. The fourth-order valence-electron chi connectivity index (χ4n) is 1.70. The van der Waals surface area contributed by atoms with Gasteiger partial charge in [0.1, 0.15) is 11.1 Å². The van der Waals surface area contributed by atoms with Crippen molar-refractivity contribution in [2.75, 3.05) is 0 Å². The Morgan fingerprint density at radius 1 is 1.53 bits per heavy atom. The molecule has 0 aliphatic heterocycles. The summed E-state index contributed by atoms with van der Waals surface area (Å²) in [7, 11) is -1.61. The van der Waals surface area contributed by atoms with Gasteiger partial charge in [0.15, 0.2) is 0 Å². The third-order valence-electron chi connectivity index (χ3n) is 2.84. The van der Waals surface area contributed by atoms with Gasteiger partial charge in [0.2, 0.25) is 0 Å². The second kappa shape index (κ2) is 7.35. The quantitative estimate of drug-likeness (QED) is 0.623. The molecular formula is C13H18FNO3S. The number of hydrogen-bond donors (Lipinski definition) is 2. The fourth-order valence-corrected chi connectivity index (χ4v) is 3.15. The highest BCUT2D eigenvalue weighted by atomic mass is 32.2. The van der Waals surface area contributed by atoms with Gasteiger partial charge in [-0.05, 0) is 37.1 Å². The van der Waals surface area contributed by atoms with Crippen LogP contribution in [-0.2, 0) is 15.6 Å². The standard InChI is InChI=1S/C13H18FNO3S/c1-3-4-5-12(13(16)15-17)19(18)10-6-7-11(14)9(2)8-10/h6-8,12,17H,3-5H2,1-2H3,(H,15,16)/t12-,19-/m0/s1. The van der Waals surface area contributed by atoms with E-state index in [0.717, 1.165) is 12.8 Å². The van der Waals surface area contributed by atoms with Gasteiger partial charge in [-0.15, -0.1) is 0 Å². The van der Waals surface area contributed by atoms with Gasteiger partial charge in [-0.25, -0.2) is 9.87 Å². The molecule has 0 saturated carbocycles. The summed E-state index contributed by atoms with van der Waals surface area (Å²) in [5, 5.41) is 7.88. The average Bonchev–Trinajstić information content (AvgIpc) is 2.41. The normalized spacial score (nSPS) is 13.9. The van der Waals surface area contributed by atoms with Crippen molar-refractivity contribution in [2.45, 2.75) is 43.3 Å². The predicted octanol–water partition coefficient (Wildman–Crippen LogP) is 2.31. The van der Waals surface area contributed by atoms with Crippen LogP contribution in [0.15, 0.2) is 23.1 Å². The highest BCUT2D eigenvalue weighted by Crippen LogP contribution is 2.19. The van der Waals surface area contributed by atoms with E-state index in [1.165, 1.54) is 18.2 Å². The molecule has 0 saturated heterocycles. The van der Waals surface area contributed by atoms with E-state index in [2.05, 4.69) is 0 Å². The van der Waals surface area contributed by atoms with Gasteiger partial charge >= 0.3 is 0 Å². The first-order valence-electron chi connectivity index (χ1n) is 6.12. The van der Waals surface area contributed by atoms with E-state index in [1.54, 1.807) is 12.4 Å². The van der Waals surface area contributed by atoms with Crippen LogP contribution in [0.5, 0.6) is 0 Å². The fraction of sp³-hybridized carbons (Fsp3) is 0.462. The second-order valence-corrected chi connectivity index (χ2v) is 5.95. The lowest BCUT2D eigenvalue weighted by Gasteiger charge is -2.14. The number of carbonyl (C=O) groups is 1. The van der Waals surface area contributed by atoms with Crippen LogP contribution in [-0.4, -0.2) is 20.6 Å². The molecule has 0 spiro atoms. The van der Waals surface area contributed by atoms with Gasteiger partial charge in [0.05, 0.1) is 10.8 Å². The van der Waals surface area contributed by atoms with Gasteiger partial charge in [0, 0.05) is 4.90 Å². The largest absolute Gasteiger partial charge is 0.289 e. The zero-order valence-corrected chi connectivity index (χ0v) is 11.8. The van der Waals surface area contributed by atoms with Gasteiger partial charge < -0.3 is 0 Å². The Balaban J connectivity index is 2.97. The Kier molecular flexibility index (Phi) is 6.11. The number of rotatable bonds is 6. The summed E-state index contributed by atoms with van der Waals surface area (Å²) in [5.74, 6) is -1.05. The molecule has 1 amide bonds. The van der Waals surface area contributed by atoms with Crippen LogP contribution >= 0.6 is 0 Å². The molecule has 0 aromatic heterocycles. The monoisotopic (exact) mass is 287 g/mol. The molecule has 0 heterocycles. The first-order valence-corrected chi connectivity index (χ1v) is 7.33. The lowest BCUT2D eigenvalue weighted by Crippen LogP contribution is -2.35. The Morgan fingerprint density at radius 2 is 2.21 bits per heavy atom. The van der Waals surface area contributed by atoms with E-state index in [1.807, 2.05) is 6.92 Å². The summed E-state index contributed by atoms with van der Waals surface area (Å²) in [6.07, 6.45) is 1.99. The Morgan fingerprint density at radius 3 is 2.74 bits per heavy atom. The molecule has 0 unspecified atom stereocenters. The smallest absolute Gasteiger partial charge is 0.259 e. The molecule has 1 aromatic carbocycles. The molecule has 19 heavy (non-hydrogen) atoms. The number of benzene rings is 1. The number of nitrogens with one attached hydrogen (secondary N) is 1. The molecule has 0 radical (unpaired) electrons. The highest BCUT2D eigenvalue weighted by molar-refractivity contribution is 7.86. The zero-order chi connectivity index (χ0) is 14.4. The highest BCUT2D eigenvalue weighted by Gasteiger charge is 2.25. The summed E-state index contributed by atoms with van der Waals surface area (Å²) in [6.45, 7) is 3.53. The predicted molar refractivity (Wildman–Crippen MR) is 70.8 cm³/mol. The van der Waals surface area contributed by atoms with E-state index in [0.29, 0.717) is 16.9 Å². The van der Waals surface area contributed by atoms with Gasteiger partial charge in [-0.1, -0.05) is 19.8 Å². The Hall–Kier alpha value is -1.27. The molecule has 106 valence electrons. The van der Waals surface area contributed by atoms with Crippen molar-refractivity contribution in [2.24, 2.45) is 0 Å². The maximum Gasteiger partial charge on any atom is 0.259 e. The third-order valence-corrected chi connectivity index (χ3v) is 4.53. The van der Waals surface area contributed by atoms with Crippen LogP contribution in [0.25, 0.3) is 0 Å². The molecule has 0 fully saturated rings. The minimum atomic E-state index is -1.61. The van der Waals surface area contributed by atoms with Crippen LogP contribution in [0.4, 0.5) is 4.39 Å². The molecule has 4 nitrogen and oxygen atoms in total. The number of halogens is 1. The summed E-state index contributed by atoms with van der Waals surface area (Å²) >= 11 is 0. The van der Waals surface area contributed by atoms with E-state index < -0.39 is 22.0 Å². The minimum Gasteiger partial charge on any atom is -0.289 e. The topological polar surface area (TPSA) is 66.4 Å². The first-order chi connectivity index (χ1) is 9.01. The maximum absolute atomic E-state index is 13.2. The maximum atomic E-state index is 13.2. The number of amides is 1. The van der Waals surface area contributed by atoms with Crippen molar-refractivity contribution >= 4 is 16.7 Å². The van der Waals surface area contributed by atoms with E-state index in [4.69, 9.17) is 5.21 Å². The van der Waals surface area contributed by atoms with Gasteiger partial charge in [0.25, 0.3) is 5.91 Å². The summed E-state index contributed by atoms with van der Waals surface area (Å²) < 4.78 is 25.5. The van der Waals surface area contributed by atoms with Crippen LogP contribution in [0, 0.1) is 12.7 Å². The van der Waals surface area contributed by atoms with Crippen LogP contribution in [0.2, 0.25) is 0 Å². The first kappa shape index (κ1) is 15.8. The molecule has 0 aliphatic carbocycles. The summed E-state index contributed by atoms with van der Waals surface area (Å²) in [6, 6.07) is 4.10. The van der Waals surface area contributed by atoms with Crippen LogP contribution in [0.1, 0.15) is 31.7 Å². The van der Waals surface area contributed by atoms with Crippen LogP contribution < -0.4 is 5.48 Å². The molecule has 1 aromatic rings. The van der Waals surface area contributed by atoms with Crippen molar-refractivity contribution < 1.29 is 18.6 Å². The number of hydrogen-bond acceptors (Lipinski definition) is 3.